The molecule has 3 heterocycles. The van der Waals surface area contributed by atoms with Crippen LogP contribution in [0.3, 0.4) is 0 Å². The van der Waals surface area contributed by atoms with Crippen LogP contribution in [0, 0.1) is 17.6 Å². The monoisotopic (exact) mass is 498 g/mol. The number of benzene rings is 1. The van der Waals surface area contributed by atoms with E-state index in [1.54, 1.807) is 0 Å². The largest absolute Gasteiger partial charge is 0.493 e. The molecule has 1 aliphatic carbocycles. The number of rotatable bonds is 4. The SMILES string of the molecule is COc1c([C@H]2[C@H](c3nc4ccn(O)c(C5(N)CC5)c-4n3)O[C@@](C)(C(F)(F)F)[C@H]2C)ccc(F)c1F. The molecule has 0 spiro atoms. The summed E-state index contributed by atoms with van der Waals surface area (Å²) in [6.45, 7) is 2.24. The van der Waals surface area contributed by atoms with Crippen molar-refractivity contribution in [2.24, 2.45) is 11.7 Å². The molecule has 35 heavy (non-hydrogen) atoms. The number of hydrogen-bond donors (Lipinski definition) is 2. The summed E-state index contributed by atoms with van der Waals surface area (Å²) in [6.07, 6.45) is -3.65. The van der Waals surface area contributed by atoms with Crippen molar-refractivity contribution >= 4 is 0 Å². The Bertz CT molecular complexity index is 1270. The summed E-state index contributed by atoms with van der Waals surface area (Å²) in [5, 5.41) is 10.3. The van der Waals surface area contributed by atoms with E-state index in [1.807, 2.05) is 0 Å². The molecular weight excluding hydrogens is 475 g/mol. The number of nitrogens with two attached hydrogens (primary N) is 1. The Morgan fingerprint density at radius 3 is 2.49 bits per heavy atom. The van der Waals surface area contributed by atoms with Gasteiger partial charge in [0.15, 0.2) is 23.0 Å². The summed E-state index contributed by atoms with van der Waals surface area (Å²) >= 11 is 0. The fraction of sp³-hybridized carbons (Fsp3) is 0.478. The molecule has 0 aromatic heterocycles. The molecular formula is C23H23F5N4O3. The van der Waals surface area contributed by atoms with Gasteiger partial charge < -0.3 is 20.4 Å². The fourth-order valence-electron chi connectivity index (χ4n) is 4.99. The smallest absolute Gasteiger partial charge is 0.417 e. The summed E-state index contributed by atoms with van der Waals surface area (Å²) in [5.74, 6) is -5.50. The van der Waals surface area contributed by atoms with E-state index in [-0.39, 0.29) is 17.1 Å². The van der Waals surface area contributed by atoms with Gasteiger partial charge >= 0.3 is 6.18 Å². The van der Waals surface area contributed by atoms with Crippen LogP contribution in [0.5, 0.6) is 5.75 Å². The molecule has 4 aliphatic rings. The quantitative estimate of drug-likeness (QED) is 0.401. The number of ether oxygens (including phenoxy) is 2. The lowest BCUT2D eigenvalue weighted by Gasteiger charge is -2.32. The Morgan fingerprint density at radius 2 is 1.89 bits per heavy atom. The van der Waals surface area contributed by atoms with Crippen molar-refractivity contribution in [3.63, 3.8) is 0 Å². The summed E-state index contributed by atoms with van der Waals surface area (Å²) in [6, 6.07) is 3.47. The first-order valence-electron chi connectivity index (χ1n) is 11.0. The van der Waals surface area contributed by atoms with Crippen molar-refractivity contribution in [1.82, 2.24) is 14.7 Å². The number of halogens is 5. The molecule has 1 aromatic carbocycles. The standard InChI is InChI=1S/C23H23F5N4O3/c1-10-14(11-4-5-12(24)15(25)17(11)34-3)18(35-21(10,2)23(26,27)28)20-30-13-6-9-32(33)19(16(13)31-20)22(29)7-8-22/h4-6,9-10,14,18,33H,7-8,29H2,1-3H3/t10-,14-,18+,21+/m0/s1. The highest BCUT2D eigenvalue weighted by Gasteiger charge is 2.65. The molecule has 4 atom stereocenters. The second-order valence-electron chi connectivity index (χ2n) is 9.42. The van der Waals surface area contributed by atoms with E-state index >= 15 is 0 Å². The van der Waals surface area contributed by atoms with Crippen molar-refractivity contribution < 1.29 is 36.6 Å². The second-order valence-corrected chi connectivity index (χ2v) is 9.42. The number of methoxy groups -OCH3 is 1. The Morgan fingerprint density at radius 1 is 1.20 bits per heavy atom. The van der Waals surface area contributed by atoms with Crippen molar-refractivity contribution in [2.45, 2.75) is 56.0 Å². The third-order valence-electron chi connectivity index (χ3n) is 7.36. The number of pyridine rings is 1. The van der Waals surface area contributed by atoms with Gasteiger partial charge in [-0.2, -0.15) is 22.3 Å². The van der Waals surface area contributed by atoms with Crippen LogP contribution >= 0.6 is 0 Å². The van der Waals surface area contributed by atoms with E-state index in [0.717, 1.165) is 24.8 Å². The average molecular weight is 498 g/mol. The summed E-state index contributed by atoms with van der Waals surface area (Å²) < 4.78 is 82.6. The van der Waals surface area contributed by atoms with E-state index in [0.29, 0.717) is 24.2 Å². The van der Waals surface area contributed by atoms with Crippen LogP contribution in [-0.2, 0) is 10.3 Å². The highest BCUT2D eigenvalue weighted by molar-refractivity contribution is 5.62. The first-order valence-corrected chi connectivity index (χ1v) is 11.0. The van der Waals surface area contributed by atoms with Crippen molar-refractivity contribution in [2.75, 3.05) is 7.11 Å². The van der Waals surface area contributed by atoms with Gasteiger partial charge in [-0.05, 0) is 31.9 Å². The fourth-order valence-corrected chi connectivity index (χ4v) is 4.99. The Labute approximate surface area is 197 Å². The third-order valence-corrected chi connectivity index (χ3v) is 7.36. The van der Waals surface area contributed by atoms with E-state index < -0.39 is 52.6 Å². The van der Waals surface area contributed by atoms with Crippen LogP contribution in [0.1, 0.15) is 55.8 Å². The molecule has 2 fully saturated rings. The van der Waals surface area contributed by atoms with Gasteiger partial charge in [-0.15, -0.1) is 0 Å². The first-order chi connectivity index (χ1) is 16.3. The van der Waals surface area contributed by atoms with E-state index in [2.05, 4.69) is 9.97 Å². The molecule has 0 amide bonds. The normalized spacial score (nSPS) is 28.0. The van der Waals surface area contributed by atoms with E-state index in [4.69, 9.17) is 15.2 Å². The molecule has 1 aromatic rings. The zero-order valence-electron chi connectivity index (χ0n) is 19.0. The van der Waals surface area contributed by atoms with Gasteiger partial charge in [-0.1, -0.05) is 13.0 Å². The zero-order chi connectivity index (χ0) is 25.5. The molecule has 1 saturated carbocycles. The maximum absolute atomic E-state index is 14.6. The molecule has 0 radical (unpaired) electrons. The number of fused-ring (bicyclic) bond motifs is 1. The number of hydrogen-bond acceptors (Lipinski definition) is 6. The average Bonchev–Trinajstić information content (AvgIpc) is 3.27. The summed E-state index contributed by atoms with van der Waals surface area (Å²) in [7, 11) is 1.11. The first kappa shape index (κ1) is 23.7. The maximum atomic E-state index is 14.6. The van der Waals surface area contributed by atoms with Crippen LogP contribution in [0.2, 0.25) is 0 Å². The van der Waals surface area contributed by atoms with Crippen LogP contribution in [0.4, 0.5) is 22.0 Å². The lowest BCUT2D eigenvalue weighted by atomic mass is 9.77. The number of aromatic nitrogens is 3. The molecule has 0 unspecified atom stereocenters. The molecule has 12 heteroatoms. The Kier molecular flexibility index (Phi) is 5.09. The molecule has 7 nitrogen and oxygen atoms in total. The summed E-state index contributed by atoms with van der Waals surface area (Å²) in [4.78, 5) is 8.84. The van der Waals surface area contributed by atoms with Crippen LogP contribution < -0.4 is 10.5 Å². The topological polar surface area (TPSA) is 95.4 Å². The van der Waals surface area contributed by atoms with Gasteiger partial charge in [-0.25, -0.2) is 14.4 Å². The van der Waals surface area contributed by atoms with Gasteiger partial charge in [-0.3, -0.25) is 0 Å². The van der Waals surface area contributed by atoms with Crippen molar-refractivity contribution in [1.29, 1.82) is 0 Å². The lowest BCUT2D eigenvalue weighted by molar-refractivity contribution is -0.275. The van der Waals surface area contributed by atoms with Gasteiger partial charge in [0.05, 0.1) is 18.3 Å². The summed E-state index contributed by atoms with van der Waals surface area (Å²) in [5.41, 5.74) is 3.65. The Balaban J connectivity index is 1.71. The number of alkyl halides is 3. The minimum Gasteiger partial charge on any atom is -0.493 e. The Hall–Kier alpha value is -2.99. The maximum Gasteiger partial charge on any atom is 0.417 e. The van der Waals surface area contributed by atoms with E-state index in [1.165, 1.54) is 25.3 Å². The van der Waals surface area contributed by atoms with Crippen LogP contribution in [-0.4, -0.2) is 38.8 Å². The van der Waals surface area contributed by atoms with Crippen molar-refractivity contribution in [3.8, 4) is 17.1 Å². The van der Waals surface area contributed by atoms with Crippen molar-refractivity contribution in [3.05, 3.63) is 53.1 Å². The lowest BCUT2D eigenvalue weighted by Crippen LogP contribution is -2.46. The molecule has 3 N–H and O–H groups in total. The minimum atomic E-state index is -4.79. The van der Waals surface area contributed by atoms with Gasteiger partial charge in [0.25, 0.3) is 0 Å². The van der Waals surface area contributed by atoms with Crippen LogP contribution in [0.15, 0.2) is 24.4 Å². The number of nitrogens with zero attached hydrogens (tertiary/aromatic N) is 3. The highest BCUT2D eigenvalue weighted by atomic mass is 19.4. The zero-order valence-corrected chi connectivity index (χ0v) is 19.0. The third kappa shape index (κ3) is 3.37. The predicted octanol–water partition coefficient (Wildman–Crippen LogP) is 4.67. The highest BCUT2D eigenvalue weighted by Crippen LogP contribution is 2.59. The molecule has 5 rings (SSSR count). The number of imidazole rings is 1. The van der Waals surface area contributed by atoms with Gasteiger partial charge in [0, 0.05) is 23.6 Å². The molecule has 0 bridgehead atoms. The predicted molar refractivity (Wildman–Crippen MR) is 112 cm³/mol. The molecule has 188 valence electrons. The minimum absolute atomic E-state index is 0.000616. The van der Waals surface area contributed by atoms with Crippen LogP contribution in [0.25, 0.3) is 11.4 Å². The van der Waals surface area contributed by atoms with Gasteiger partial charge in [0.2, 0.25) is 5.82 Å². The van der Waals surface area contributed by atoms with E-state index in [9.17, 15) is 27.2 Å². The van der Waals surface area contributed by atoms with Gasteiger partial charge in [0.1, 0.15) is 17.5 Å². The molecule has 1 saturated heterocycles. The molecule has 3 aliphatic heterocycles. The second kappa shape index (κ2) is 7.50.